The van der Waals surface area contributed by atoms with Crippen LogP contribution in [0.2, 0.25) is 0 Å². The molecule has 0 radical (unpaired) electrons. The molecule has 1 aromatic carbocycles. The molecule has 6 heteroatoms. The lowest BCUT2D eigenvalue weighted by atomic mass is 10.1. The quantitative estimate of drug-likeness (QED) is 0.364. The van der Waals surface area contributed by atoms with Crippen LogP contribution in [0.4, 0.5) is 0 Å². The van der Waals surface area contributed by atoms with Gasteiger partial charge in [-0.3, -0.25) is 9.20 Å². The minimum absolute atomic E-state index is 0.595. The predicted octanol–water partition coefficient (Wildman–Crippen LogP) is 2.16. The topological polar surface area (TPSA) is 62.7 Å². The first-order chi connectivity index (χ1) is 11.6. The van der Waals surface area contributed by atoms with E-state index in [-0.39, 0.29) is 0 Å². The maximum atomic E-state index is 12.1. The predicted molar refractivity (Wildman–Crippen MR) is 103 cm³/mol. The number of nitrogens with one attached hydrogen (secondary N) is 2. The second kappa shape index (κ2) is 13.0. The van der Waals surface area contributed by atoms with E-state index in [0.717, 1.165) is 24.6 Å². The van der Waals surface area contributed by atoms with E-state index in [1.165, 1.54) is 0 Å². The third-order valence-electron chi connectivity index (χ3n) is 3.39. The largest absolute Gasteiger partial charge is 0.380 e. The Morgan fingerprint density at radius 2 is 1.88 bits per heavy atom. The minimum Gasteiger partial charge on any atom is -0.380 e. The van der Waals surface area contributed by atoms with Gasteiger partial charge >= 0.3 is 0 Å². The number of hydrogen-bond acceptors (Lipinski definition) is 3. The number of guanidine groups is 1. The Labute approximate surface area is 148 Å². The molecule has 0 bridgehead atoms. The summed E-state index contributed by atoms with van der Waals surface area (Å²) in [6, 6.07) is 9.92. The number of nitrogens with zero attached hydrogens (tertiary/aromatic N) is 1. The SMILES string of the molecule is CN=C(NCCOCCC(C)C)NCCS(=O)Cc1ccccc1. The number of ether oxygens (including phenoxy) is 1. The van der Waals surface area contributed by atoms with Crippen LogP contribution >= 0.6 is 0 Å². The third kappa shape index (κ3) is 10.4. The molecule has 1 aromatic rings. The van der Waals surface area contributed by atoms with Crippen molar-refractivity contribution in [1.82, 2.24) is 10.6 Å². The van der Waals surface area contributed by atoms with Gasteiger partial charge in [0.1, 0.15) is 0 Å². The number of aliphatic imine (C=N–C) groups is 1. The Hall–Kier alpha value is -1.40. The van der Waals surface area contributed by atoms with E-state index < -0.39 is 10.8 Å². The van der Waals surface area contributed by atoms with Crippen LogP contribution in [0.15, 0.2) is 35.3 Å². The molecule has 0 saturated heterocycles. The Morgan fingerprint density at radius 1 is 1.17 bits per heavy atom. The Balaban J connectivity index is 2.10. The van der Waals surface area contributed by atoms with Gasteiger partial charge in [-0.25, -0.2) is 0 Å². The van der Waals surface area contributed by atoms with Gasteiger partial charge in [0.25, 0.3) is 0 Å². The van der Waals surface area contributed by atoms with E-state index in [2.05, 4.69) is 29.5 Å². The lowest BCUT2D eigenvalue weighted by Crippen LogP contribution is -2.40. The van der Waals surface area contributed by atoms with E-state index in [1.807, 2.05) is 30.3 Å². The van der Waals surface area contributed by atoms with E-state index in [0.29, 0.717) is 37.1 Å². The summed E-state index contributed by atoms with van der Waals surface area (Å²) >= 11 is 0. The van der Waals surface area contributed by atoms with Crippen molar-refractivity contribution in [2.75, 3.05) is 39.1 Å². The van der Waals surface area contributed by atoms with Crippen LogP contribution in [0, 0.1) is 5.92 Å². The number of rotatable bonds is 11. The normalized spacial score (nSPS) is 13.1. The van der Waals surface area contributed by atoms with Crippen molar-refractivity contribution in [3.8, 4) is 0 Å². The fourth-order valence-corrected chi connectivity index (χ4v) is 3.04. The van der Waals surface area contributed by atoms with Gasteiger partial charge in [-0.05, 0) is 17.9 Å². The number of benzene rings is 1. The van der Waals surface area contributed by atoms with Gasteiger partial charge in [0.15, 0.2) is 5.96 Å². The maximum absolute atomic E-state index is 12.1. The summed E-state index contributed by atoms with van der Waals surface area (Å²) in [6.07, 6.45) is 1.08. The standard InChI is InChI=1S/C18H31N3O2S/c1-16(2)9-12-23-13-10-20-18(19-3)21-11-14-24(22)15-17-7-5-4-6-8-17/h4-8,16H,9-15H2,1-3H3,(H2,19,20,21). The van der Waals surface area contributed by atoms with Gasteiger partial charge in [-0.2, -0.15) is 0 Å². The smallest absolute Gasteiger partial charge is 0.191 e. The van der Waals surface area contributed by atoms with Crippen LogP contribution < -0.4 is 10.6 Å². The van der Waals surface area contributed by atoms with Crippen LogP contribution in [0.25, 0.3) is 0 Å². The molecule has 0 aliphatic carbocycles. The molecule has 136 valence electrons. The molecular weight excluding hydrogens is 322 g/mol. The molecule has 0 heterocycles. The molecule has 24 heavy (non-hydrogen) atoms. The van der Waals surface area contributed by atoms with Gasteiger partial charge in [0.2, 0.25) is 0 Å². The zero-order valence-corrected chi connectivity index (χ0v) is 15.9. The van der Waals surface area contributed by atoms with Crippen molar-refractivity contribution in [2.24, 2.45) is 10.9 Å². The molecule has 0 spiro atoms. The Kier molecular flexibility index (Phi) is 11.1. The molecule has 1 rings (SSSR count). The molecule has 0 saturated carbocycles. The summed E-state index contributed by atoms with van der Waals surface area (Å²) in [5, 5.41) is 6.38. The molecule has 1 unspecified atom stereocenters. The highest BCUT2D eigenvalue weighted by Crippen LogP contribution is 2.02. The fraction of sp³-hybridized carbons (Fsp3) is 0.611. The minimum atomic E-state index is -0.874. The highest BCUT2D eigenvalue weighted by Gasteiger charge is 2.03. The second-order valence-corrected chi connectivity index (χ2v) is 7.57. The summed E-state index contributed by atoms with van der Waals surface area (Å²) in [4.78, 5) is 4.15. The molecule has 0 aromatic heterocycles. The van der Waals surface area contributed by atoms with Crippen LogP contribution in [-0.2, 0) is 21.3 Å². The van der Waals surface area contributed by atoms with Crippen LogP contribution in [0.3, 0.4) is 0 Å². The van der Waals surface area contributed by atoms with Crippen LogP contribution in [0.1, 0.15) is 25.8 Å². The first-order valence-electron chi connectivity index (χ1n) is 8.53. The van der Waals surface area contributed by atoms with Crippen molar-refractivity contribution < 1.29 is 8.95 Å². The van der Waals surface area contributed by atoms with Crippen LogP contribution in [0.5, 0.6) is 0 Å². The summed E-state index contributed by atoms with van der Waals surface area (Å²) in [5.41, 5.74) is 1.11. The lowest BCUT2D eigenvalue weighted by Gasteiger charge is -2.12. The monoisotopic (exact) mass is 353 g/mol. The van der Waals surface area contributed by atoms with Crippen molar-refractivity contribution in [3.05, 3.63) is 35.9 Å². The molecule has 5 nitrogen and oxygen atoms in total. The Bertz CT molecular complexity index is 492. The van der Waals surface area contributed by atoms with Gasteiger partial charge in [-0.1, -0.05) is 44.2 Å². The highest BCUT2D eigenvalue weighted by molar-refractivity contribution is 7.84. The molecule has 0 aliphatic rings. The van der Waals surface area contributed by atoms with Gasteiger partial charge in [0, 0.05) is 49.0 Å². The molecule has 0 amide bonds. The molecule has 0 aliphatic heterocycles. The van der Waals surface area contributed by atoms with Crippen molar-refractivity contribution in [1.29, 1.82) is 0 Å². The van der Waals surface area contributed by atoms with E-state index in [4.69, 9.17) is 4.74 Å². The average Bonchev–Trinajstić information content (AvgIpc) is 2.57. The average molecular weight is 354 g/mol. The molecule has 0 fully saturated rings. The molecule has 2 N–H and O–H groups in total. The first-order valence-corrected chi connectivity index (χ1v) is 10.0. The van der Waals surface area contributed by atoms with Gasteiger partial charge in [0.05, 0.1) is 6.61 Å². The number of hydrogen-bond donors (Lipinski definition) is 2. The zero-order chi connectivity index (χ0) is 17.6. The zero-order valence-electron chi connectivity index (χ0n) is 15.1. The maximum Gasteiger partial charge on any atom is 0.191 e. The van der Waals surface area contributed by atoms with Crippen molar-refractivity contribution >= 4 is 16.8 Å². The summed E-state index contributed by atoms with van der Waals surface area (Å²) in [6.45, 7) is 7.18. The van der Waals surface area contributed by atoms with Crippen molar-refractivity contribution in [2.45, 2.75) is 26.0 Å². The van der Waals surface area contributed by atoms with Crippen LogP contribution in [-0.4, -0.2) is 49.3 Å². The van der Waals surface area contributed by atoms with E-state index >= 15 is 0 Å². The van der Waals surface area contributed by atoms with Gasteiger partial charge < -0.3 is 15.4 Å². The molecular formula is C18H31N3O2S. The van der Waals surface area contributed by atoms with Gasteiger partial charge in [-0.15, -0.1) is 0 Å². The van der Waals surface area contributed by atoms with E-state index in [1.54, 1.807) is 7.05 Å². The molecule has 1 atom stereocenters. The highest BCUT2D eigenvalue weighted by atomic mass is 32.2. The summed E-state index contributed by atoms with van der Waals surface area (Å²) < 4.78 is 17.6. The second-order valence-electron chi connectivity index (χ2n) is 5.99. The first kappa shape index (κ1) is 20.6. The summed E-state index contributed by atoms with van der Waals surface area (Å²) in [7, 11) is 0.858. The fourth-order valence-electron chi connectivity index (χ4n) is 2.00. The lowest BCUT2D eigenvalue weighted by molar-refractivity contribution is 0.128. The summed E-state index contributed by atoms with van der Waals surface area (Å²) in [5.74, 6) is 2.59. The van der Waals surface area contributed by atoms with E-state index in [9.17, 15) is 4.21 Å². The Morgan fingerprint density at radius 3 is 2.54 bits per heavy atom. The van der Waals surface area contributed by atoms with Crippen molar-refractivity contribution in [3.63, 3.8) is 0 Å². The third-order valence-corrected chi connectivity index (χ3v) is 4.71.